The first kappa shape index (κ1) is 21.5. The molecule has 0 spiro atoms. The Kier molecular flexibility index (Phi) is 6.39. The maximum Gasteiger partial charge on any atom is 0.278 e. The molecule has 0 aliphatic carbocycles. The van der Waals surface area contributed by atoms with Gasteiger partial charge in [0, 0.05) is 12.6 Å². The first-order valence-electron chi connectivity index (χ1n) is 10.1. The largest absolute Gasteiger partial charge is 0.309 e. The number of anilines is 1. The lowest BCUT2D eigenvalue weighted by Gasteiger charge is -2.22. The average Bonchev–Trinajstić information content (AvgIpc) is 3.21. The number of aromatic nitrogens is 3. The third kappa shape index (κ3) is 4.67. The second-order valence-electron chi connectivity index (χ2n) is 8.25. The number of fused-ring (bicyclic) bond motifs is 1. The fraction of sp³-hybridized carbons (Fsp3) is 0.500. The molecule has 29 heavy (non-hydrogen) atoms. The van der Waals surface area contributed by atoms with E-state index in [9.17, 15) is 4.79 Å². The van der Waals surface area contributed by atoms with Crippen molar-refractivity contribution < 1.29 is 4.79 Å². The van der Waals surface area contributed by atoms with Crippen molar-refractivity contribution >= 4 is 32.6 Å². The Balaban J connectivity index is 2.03. The molecule has 0 N–H and O–H groups in total. The number of benzene rings is 1. The van der Waals surface area contributed by atoms with E-state index in [-0.39, 0.29) is 11.9 Å². The molecule has 1 amide bonds. The molecule has 156 valence electrons. The van der Waals surface area contributed by atoms with E-state index in [0.717, 1.165) is 39.6 Å². The Hall–Kier alpha value is -2.25. The molecule has 0 unspecified atom stereocenters. The number of aryl methyl sites for hydroxylation is 3. The van der Waals surface area contributed by atoms with Crippen LogP contribution in [0.4, 0.5) is 5.13 Å². The van der Waals surface area contributed by atoms with Crippen LogP contribution < -0.4 is 4.90 Å². The lowest BCUT2D eigenvalue weighted by Crippen LogP contribution is -2.35. The van der Waals surface area contributed by atoms with Crippen LogP contribution in [0, 0.1) is 20.8 Å². The average molecular weight is 414 g/mol. The predicted molar refractivity (Wildman–Crippen MR) is 121 cm³/mol. The molecule has 0 fully saturated rings. The molecule has 3 aromatic rings. The van der Waals surface area contributed by atoms with E-state index in [2.05, 4.69) is 36.0 Å². The first-order chi connectivity index (χ1) is 13.7. The lowest BCUT2D eigenvalue weighted by molar-refractivity contribution is 0.0974. The highest BCUT2D eigenvalue weighted by Gasteiger charge is 2.26. The predicted octanol–water partition coefficient (Wildman–Crippen LogP) is 4.60. The number of carbonyl (C=O) groups is 1. The van der Waals surface area contributed by atoms with Crippen molar-refractivity contribution in [2.24, 2.45) is 0 Å². The summed E-state index contributed by atoms with van der Waals surface area (Å²) >= 11 is 1.59. The van der Waals surface area contributed by atoms with Crippen LogP contribution >= 0.6 is 11.3 Å². The zero-order valence-electron chi connectivity index (χ0n) is 18.5. The van der Waals surface area contributed by atoms with Crippen molar-refractivity contribution in [1.82, 2.24) is 19.7 Å². The standard InChI is InChI=1S/C22H31N5OS/c1-14(2)27-18(13-17(5)24-27)21(28)26(10-8-9-25(6)7)22-23-20-16(4)11-15(3)12-19(20)29-22/h11-14H,8-10H2,1-7H3. The minimum atomic E-state index is -0.0357. The van der Waals surface area contributed by atoms with E-state index in [1.54, 1.807) is 11.3 Å². The molecule has 6 nitrogen and oxygen atoms in total. The van der Waals surface area contributed by atoms with Crippen LogP contribution in [-0.4, -0.2) is 52.8 Å². The van der Waals surface area contributed by atoms with Crippen molar-refractivity contribution in [3.63, 3.8) is 0 Å². The summed E-state index contributed by atoms with van der Waals surface area (Å²) < 4.78 is 2.94. The van der Waals surface area contributed by atoms with Gasteiger partial charge in [-0.25, -0.2) is 4.98 Å². The van der Waals surface area contributed by atoms with E-state index in [1.807, 2.05) is 50.5 Å². The number of rotatable bonds is 7. The summed E-state index contributed by atoms with van der Waals surface area (Å²) in [6.45, 7) is 11.7. The Morgan fingerprint density at radius 2 is 1.86 bits per heavy atom. The van der Waals surface area contributed by atoms with E-state index >= 15 is 0 Å². The molecule has 0 radical (unpaired) electrons. The lowest BCUT2D eigenvalue weighted by atomic mass is 10.1. The summed E-state index contributed by atoms with van der Waals surface area (Å²) in [5.41, 5.74) is 4.81. The highest BCUT2D eigenvalue weighted by atomic mass is 32.1. The molecule has 2 aromatic heterocycles. The molecular weight excluding hydrogens is 382 g/mol. The fourth-order valence-corrected chi connectivity index (χ4v) is 4.68. The van der Waals surface area contributed by atoms with Crippen LogP contribution in [0.3, 0.4) is 0 Å². The first-order valence-corrected chi connectivity index (χ1v) is 10.9. The molecular formula is C22H31N5OS. The van der Waals surface area contributed by atoms with Gasteiger partial charge in [0.05, 0.1) is 15.9 Å². The second kappa shape index (κ2) is 8.63. The Labute approximate surface area is 177 Å². The van der Waals surface area contributed by atoms with Gasteiger partial charge in [0.25, 0.3) is 5.91 Å². The van der Waals surface area contributed by atoms with Crippen molar-refractivity contribution in [2.75, 3.05) is 32.1 Å². The monoisotopic (exact) mass is 413 g/mol. The number of carbonyl (C=O) groups excluding carboxylic acids is 1. The summed E-state index contributed by atoms with van der Waals surface area (Å²) in [5, 5.41) is 5.28. The van der Waals surface area contributed by atoms with Gasteiger partial charge in [0.1, 0.15) is 5.69 Å². The van der Waals surface area contributed by atoms with Crippen LogP contribution in [0.25, 0.3) is 10.2 Å². The summed E-state index contributed by atoms with van der Waals surface area (Å²) in [5.74, 6) is -0.0357. The molecule has 0 saturated carbocycles. The van der Waals surface area contributed by atoms with Gasteiger partial charge in [-0.15, -0.1) is 0 Å². The normalized spacial score (nSPS) is 11.8. The van der Waals surface area contributed by atoms with E-state index < -0.39 is 0 Å². The Morgan fingerprint density at radius 3 is 2.52 bits per heavy atom. The zero-order valence-corrected chi connectivity index (χ0v) is 19.3. The van der Waals surface area contributed by atoms with Crippen molar-refractivity contribution in [2.45, 2.75) is 47.1 Å². The van der Waals surface area contributed by atoms with E-state index in [0.29, 0.717) is 12.2 Å². The van der Waals surface area contributed by atoms with Crippen LogP contribution in [0.2, 0.25) is 0 Å². The SMILES string of the molecule is Cc1cc(C)c2nc(N(CCCN(C)C)C(=O)c3cc(C)nn3C(C)C)sc2c1. The van der Waals surface area contributed by atoms with Crippen molar-refractivity contribution in [3.8, 4) is 0 Å². The Bertz CT molecular complexity index is 1020. The summed E-state index contributed by atoms with van der Waals surface area (Å²) in [6.07, 6.45) is 0.876. The van der Waals surface area contributed by atoms with Gasteiger partial charge >= 0.3 is 0 Å². The molecule has 3 rings (SSSR count). The number of thiazole rings is 1. The topological polar surface area (TPSA) is 54.3 Å². The number of hydrogen-bond donors (Lipinski definition) is 0. The summed E-state index contributed by atoms with van der Waals surface area (Å²) in [7, 11) is 4.10. The van der Waals surface area contributed by atoms with Gasteiger partial charge in [0.15, 0.2) is 5.13 Å². The van der Waals surface area contributed by atoms with Crippen LogP contribution in [0.1, 0.15) is 53.6 Å². The van der Waals surface area contributed by atoms with E-state index in [1.165, 1.54) is 5.56 Å². The van der Waals surface area contributed by atoms with Gasteiger partial charge in [-0.2, -0.15) is 5.10 Å². The third-order valence-corrected chi connectivity index (χ3v) is 5.87. The van der Waals surface area contributed by atoms with Crippen LogP contribution in [0.5, 0.6) is 0 Å². The molecule has 0 atom stereocenters. The maximum atomic E-state index is 13.6. The van der Waals surface area contributed by atoms with Crippen molar-refractivity contribution in [3.05, 3.63) is 40.7 Å². The van der Waals surface area contributed by atoms with Gasteiger partial charge in [-0.3, -0.25) is 14.4 Å². The smallest absolute Gasteiger partial charge is 0.278 e. The molecule has 0 bridgehead atoms. The zero-order chi connectivity index (χ0) is 21.3. The van der Waals surface area contributed by atoms with E-state index in [4.69, 9.17) is 4.98 Å². The third-order valence-electron chi connectivity index (χ3n) is 4.85. The quantitative estimate of drug-likeness (QED) is 0.568. The molecule has 1 aromatic carbocycles. The van der Waals surface area contributed by atoms with Gasteiger partial charge < -0.3 is 4.90 Å². The molecule has 7 heteroatoms. The minimum Gasteiger partial charge on any atom is -0.309 e. The van der Waals surface area contributed by atoms with Crippen molar-refractivity contribution in [1.29, 1.82) is 0 Å². The van der Waals surface area contributed by atoms with Gasteiger partial charge in [-0.05, 0) is 84.9 Å². The fourth-order valence-electron chi connectivity index (χ4n) is 3.51. The molecule has 2 heterocycles. The number of nitrogens with zero attached hydrogens (tertiary/aromatic N) is 5. The summed E-state index contributed by atoms with van der Waals surface area (Å²) in [4.78, 5) is 22.4. The highest BCUT2D eigenvalue weighted by Crippen LogP contribution is 2.32. The van der Waals surface area contributed by atoms with Crippen LogP contribution in [-0.2, 0) is 0 Å². The van der Waals surface area contributed by atoms with Crippen LogP contribution in [0.15, 0.2) is 18.2 Å². The maximum absolute atomic E-state index is 13.6. The molecule has 0 aliphatic heterocycles. The number of hydrogen-bond acceptors (Lipinski definition) is 5. The minimum absolute atomic E-state index is 0.0357. The van der Waals surface area contributed by atoms with Gasteiger partial charge in [0.2, 0.25) is 0 Å². The Morgan fingerprint density at radius 1 is 1.14 bits per heavy atom. The molecule has 0 aliphatic rings. The summed E-state index contributed by atoms with van der Waals surface area (Å²) in [6, 6.07) is 6.28. The number of amides is 1. The highest BCUT2D eigenvalue weighted by molar-refractivity contribution is 7.22. The second-order valence-corrected chi connectivity index (χ2v) is 9.26. The van der Waals surface area contributed by atoms with Gasteiger partial charge in [-0.1, -0.05) is 17.4 Å². The molecule has 0 saturated heterocycles.